The zero-order chi connectivity index (χ0) is 15.3. The van der Waals surface area contributed by atoms with Gasteiger partial charge in [-0.25, -0.2) is 8.42 Å². The highest BCUT2D eigenvalue weighted by atomic mass is 32.2. The van der Waals surface area contributed by atoms with Crippen LogP contribution in [0.2, 0.25) is 0 Å². The fraction of sp³-hybridized carbons (Fsp3) is 0.625. The summed E-state index contributed by atoms with van der Waals surface area (Å²) in [4.78, 5) is 0. The minimum absolute atomic E-state index is 0.380. The lowest BCUT2D eigenvalue weighted by molar-refractivity contribution is 0.401. The molecule has 1 aromatic rings. The van der Waals surface area contributed by atoms with Gasteiger partial charge in [0, 0.05) is 19.6 Å². The van der Waals surface area contributed by atoms with Crippen molar-refractivity contribution >= 4 is 10.0 Å². The maximum absolute atomic E-state index is 12.7. The van der Waals surface area contributed by atoms with Crippen LogP contribution in [-0.4, -0.2) is 37.6 Å². The predicted octanol–water partition coefficient (Wildman–Crippen LogP) is 2.15. The monoisotopic (exact) mass is 310 g/mol. The number of hydrogen-bond acceptors (Lipinski definition) is 3. The minimum atomic E-state index is -3.24. The van der Waals surface area contributed by atoms with Gasteiger partial charge in [-0.3, -0.25) is 0 Å². The smallest absolute Gasteiger partial charge is 0.218 e. The van der Waals surface area contributed by atoms with Gasteiger partial charge in [-0.1, -0.05) is 31.2 Å². The van der Waals surface area contributed by atoms with E-state index in [1.807, 2.05) is 18.2 Å². The molecule has 0 radical (unpaired) electrons. The number of benzene rings is 1. The van der Waals surface area contributed by atoms with Crippen LogP contribution in [0, 0.1) is 0 Å². The second-order valence-corrected chi connectivity index (χ2v) is 8.12. The van der Waals surface area contributed by atoms with E-state index in [-0.39, 0.29) is 5.25 Å². The molecular formula is C16H26N2O2S. The molecular weight excluding hydrogens is 284 g/mol. The molecule has 1 aliphatic heterocycles. The quantitative estimate of drug-likeness (QED) is 0.819. The van der Waals surface area contributed by atoms with Gasteiger partial charge < -0.3 is 5.32 Å². The van der Waals surface area contributed by atoms with Crippen molar-refractivity contribution in [2.45, 2.75) is 44.9 Å². The molecule has 1 heterocycles. The zero-order valence-electron chi connectivity index (χ0n) is 13.0. The summed E-state index contributed by atoms with van der Waals surface area (Å²) in [5.74, 6) is 0. The normalized spacial score (nSPS) is 18.0. The van der Waals surface area contributed by atoms with E-state index in [9.17, 15) is 8.42 Å². The molecule has 1 atom stereocenters. The van der Waals surface area contributed by atoms with Crippen molar-refractivity contribution in [3.8, 4) is 0 Å². The molecule has 0 aromatic heterocycles. The molecule has 0 spiro atoms. The van der Waals surface area contributed by atoms with Crippen molar-refractivity contribution in [3.05, 3.63) is 35.4 Å². The first-order valence-corrected chi connectivity index (χ1v) is 9.32. The van der Waals surface area contributed by atoms with E-state index in [1.54, 1.807) is 11.2 Å². The summed E-state index contributed by atoms with van der Waals surface area (Å²) in [5, 5.41) is 2.83. The molecule has 0 bridgehead atoms. The molecule has 1 N–H and O–H groups in total. The largest absolute Gasteiger partial charge is 0.315 e. The van der Waals surface area contributed by atoms with Crippen LogP contribution >= 0.6 is 0 Å². The van der Waals surface area contributed by atoms with Gasteiger partial charge in [-0.05, 0) is 43.9 Å². The van der Waals surface area contributed by atoms with Gasteiger partial charge in [0.1, 0.15) is 0 Å². The Morgan fingerprint density at radius 1 is 1.29 bits per heavy atom. The zero-order valence-corrected chi connectivity index (χ0v) is 13.8. The molecule has 5 heteroatoms. The molecule has 0 aliphatic carbocycles. The Hall–Kier alpha value is -0.910. The summed E-state index contributed by atoms with van der Waals surface area (Å²) in [6, 6.07) is 8.17. The predicted molar refractivity (Wildman–Crippen MR) is 86.7 cm³/mol. The minimum Gasteiger partial charge on any atom is -0.315 e. The van der Waals surface area contributed by atoms with Gasteiger partial charge in [0.05, 0.1) is 5.25 Å². The fourth-order valence-corrected chi connectivity index (χ4v) is 4.27. The average molecular weight is 310 g/mol. The Morgan fingerprint density at radius 3 is 2.71 bits per heavy atom. The van der Waals surface area contributed by atoms with Crippen molar-refractivity contribution in [1.29, 1.82) is 0 Å². The maximum Gasteiger partial charge on any atom is 0.218 e. The van der Waals surface area contributed by atoms with Gasteiger partial charge in [-0.15, -0.1) is 0 Å². The number of nitrogens with one attached hydrogen (secondary N) is 1. The van der Waals surface area contributed by atoms with E-state index >= 15 is 0 Å². The maximum atomic E-state index is 12.7. The molecule has 0 saturated carbocycles. The number of rotatable bonds is 6. The second kappa shape index (κ2) is 7.38. The molecule has 0 fully saturated rings. The topological polar surface area (TPSA) is 49.4 Å². The molecule has 4 nitrogen and oxygen atoms in total. The summed E-state index contributed by atoms with van der Waals surface area (Å²) >= 11 is 0. The molecule has 1 aliphatic rings. The summed E-state index contributed by atoms with van der Waals surface area (Å²) < 4.78 is 27.1. The number of aryl methyl sites for hydroxylation is 1. The molecule has 2 rings (SSSR count). The lowest BCUT2D eigenvalue weighted by atomic mass is 10.0. The highest BCUT2D eigenvalue weighted by molar-refractivity contribution is 7.89. The Labute approximate surface area is 128 Å². The first-order valence-electron chi connectivity index (χ1n) is 7.82. The number of sulfonamides is 1. The first-order chi connectivity index (χ1) is 10.1. The molecule has 118 valence electrons. The third kappa shape index (κ3) is 4.05. The summed E-state index contributed by atoms with van der Waals surface area (Å²) in [5.41, 5.74) is 2.43. The lowest BCUT2D eigenvalue weighted by Crippen LogP contribution is -2.42. The molecule has 0 saturated heterocycles. The third-order valence-electron chi connectivity index (χ3n) is 4.05. The van der Waals surface area contributed by atoms with Crippen molar-refractivity contribution in [3.63, 3.8) is 0 Å². The molecule has 1 aromatic carbocycles. The van der Waals surface area contributed by atoms with Gasteiger partial charge in [0.2, 0.25) is 10.0 Å². The standard InChI is InChI=1S/C16H26N2O2S/c1-3-10-17-12-14(2)21(19,20)18-11-6-9-15-7-4-5-8-16(15)13-18/h4-5,7-8,14,17H,3,6,9-13H2,1-2H3. The van der Waals surface area contributed by atoms with Crippen LogP contribution in [0.15, 0.2) is 24.3 Å². The van der Waals surface area contributed by atoms with Crippen molar-refractivity contribution in [2.24, 2.45) is 0 Å². The molecule has 1 unspecified atom stereocenters. The Balaban J connectivity index is 2.09. The Kier molecular flexibility index (Phi) is 5.79. The van der Waals surface area contributed by atoms with Crippen LogP contribution in [0.4, 0.5) is 0 Å². The van der Waals surface area contributed by atoms with E-state index in [1.165, 1.54) is 5.56 Å². The fourth-order valence-electron chi connectivity index (χ4n) is 2.73. The van der Waals surface area contributed by atoms with Gasteiger partial charge in [-0.2, -0.15) is 4.31 Å². The number of nitrogens with zero attached hydrogens (tertiary/aromatic N) is 1. The average Bonchev–Trinajstić information content (AvgIpc) is 2.70. The SMILES string of the molecule is CCCNCC(C)S(=O)(=O)N1CCCc2ccccc2C1. The second-order valence-electron chi connectivity index (χ2n) is 5.77. The van der Waals surface area contributed by atoms with Crippen LogP contribution in [0.1, 0.15) is 37.8 Å². The summed E-state index contributed by atoms with van der Waals surface area (Å²) in [7, 11) is -3.24. The van der Waals surface area contributed by atoms with Gasteiger partial charge >= 0.3 is 0 Å². The van der Waals surface area contributed by atoms with E-state index in [0.29, 0.717) is 19.6 Å². The van der Waals surface area contributed by atoms with Crippen LogP contribution in [0.25, 0.3) is 0 Å². The lowest BCUT2D eigenvalue weighted by Gasteiger charge is -2.25. The first kappa shape index (κ1) is 16.5. The van der Waals surface area contributed by atoms with Crippen LogP contribution in [0.5, 0.6) is 0 Å². The third-order valence-corrected chi connectivity index (χ3v) is 6.26. The van der Waals surface area contributed by atoms with Crippen molar-refractivity contribution in [1.82, 2.24) is 9.62 Å². The highest BCUT2D eigenvalue weighted by Gasteiger charge is 2.30. The van der Waals surface area contributed by atoms with E-state index in [0.717, 1.165) is 31.4 Å². The van der Waals surface area contributed by atoms with Crippen LogP contribution in [-0.2, 0) is 23.0 Å². The van der Waals surface area contributed by atoms with E-state index in [2.05, 4.69) is 18.3 Å². The molecule has 21 heavy (non-hydrogen) atoms. The van der Waals surface area contributed by atoms with E-state index < -0.39 is 10.0 Å². The Bertz CT molecular complexity index is 557. The van der Waals surface area contributed by atoms with Gasteiger partial charge in [0.15, 0.2) is 0 Å². The van der Waals surface area contributed by atoms with Crippen LogP contribution in [0.3, 0.4) is 0 Å². The summed E-state index contributed by atoms with van der Waals surface area (Å²) in [6.07, 6.45) is 2.87. The van der Waals surface area contributed by atoms with Crippen molar-refractivity contribution < 1.29 is 8.42 Å². The van der Waals surface area contributed by atoms with E-state index in [4.69, 9.17) is 0 Å². The number of fused-ring (bicyclic) bond motifs is 1. The van der Waals surface area contributed by atoms with Gasteiger partial charge in [0.25, 0.3) is 0 Å². The van der Waals surface area contributed by atoms with Crippen LogP contribution < -0.4 is 5.32 Å². The molecule has 0 amide bonds. The highest BCUT2D eigenvalue weighted by Crippen LogP contribution is 2.22. The summed E-state index contributed by atoms with van der Waals surface area (Å²) in [6.45, 7) is 6.40. The Morgan fingerprint density at radius 2 is 2.00 bits per heavy atom. The number of hydrogen-bond donors (Lipinski definition) is 1. The van der Waals surface area contributed by atoms with Crippen molar-refractivity contribution in [2.75, 3.05) is 19.6 Å².